The van der Waals surface area contributed by atoms with Crippen LogP contribution in [0.15, 0.2) is 63.4 Å². The van der Waals surface area contributed by atoms with Gasteiger partial charge in [-0.15, -0.1) is 0 Å². The molecule has 1 fully saturated rings. The molecule has 2 N–H and O–H groups in total. The molecule has 0 atom stereocenters. The SMILES string of the molecule is Nc1c(Br)c(C2CCN(S(=O)(=O)C3=NC=NC3)CC2)nc2c(-c3cnn(-c4ccccc4)c3)cnn12. The van der Waals surface area contributed by atoms with E-state index in [-0.39, 0.29) is 17.5 Å². The Kier molecular flexibility index (Phi) is 5.69. The molecule has 0 unspecified atom stereocenters. The zero-order valence-electron chi connectivity index (χ0n) is 19.1. The van der Waals surface area contributed by atoms with Crippen molar-refractivity contribution >= 4 is 48.8 Å². The summed E-state index contributed by atoms with van der Waals surface area (Å²) < 4.78 is 31.3. The van der Waals surface area contributed by atoms with Crippen molar-refractivity contribution < 1.29 is 8.42 Å². The van der Waals surface area contributed by atoms with Gasteiger partial charge in [0, 0.05) is 36.3 Å². The van der Waals surface area contributed by atoms with Crippen LogP contribution in [0.1, 0.15) is 24.5 Å². The summed E-state index contributed by atoms with van der Waals surface area (Å²) in [7, 11) is -3.60. The van der Waals surface area contributed by atoms with E-state index in [0.29, 0.717) is 41.9 Å². The summed E-state index contributed by atoms with van der Waals surface area (Å²) >= 11 is 3.61. The Hall–Kier alpha value is -3.42. The van der Waals surface area contributed by atoms with Crippen LogP contribution in [0.5, 0.6) is 0 Å². The Labute approximate surface area is 215 Å². The summed E-state index contributed by atoms with van der Waals surface area (Å²) in [6.07, 6.45) is 7.98. The second kappa shape index (κ2) is 8.91. The molecule has 5 heterocycles. The topological polar surface area (TPSA) is 136 Å². The average Bonchev–Trinajstić information content (AvgIpc) is 3.67. The second-order valence-electron chi connectivity index (χ2n) is 8.66. The predicted molar refractivity (Wildman–Crippen MR) is 141 cm³/mol. The third-order valence-corrected chi connectivity index (χ3v) is 9.24. The molecule has 13 heteroatoms. The molecule has 184 valence electrons. The minimum absolute atomic E-state index is 0.0367. The number of rotatable bonds is 4. The number of sulfonamides is 1. The lowest BCUT2D eigenvalue weighted by Gasteiger charge is -2.31. The maximum Gasteiger partial charge on any atom is 0.258 e. The van der Waals surface area contributed by atoms with Crippen LogP contribution in [0.3, 0.4) is 0 Å². The van der Waals surface area contributed by atoms with E-state index < -0.39 is 10.0 Å². The predicted octanol–water partition coefficient (Wildman–Crippen LogP) is 2.88. The highest BCUT2D eigenvalue weighted by Gasteiger charge is 2.34. The van der Waals surface area contributed by atoms with Gasteiger partial charge in [0.1, 0.15) is 12.2 Å². The third-order valence-electron chi connectivity index (χ3n) is 6.55. The van der Waals surface area contributed by atoms with Gasteiger partial charge in [-0.1, -0.05) is 18.2 Å². The number of para-hydroxylation sites is 1. The van der Waals surface area contributed by atoms with E-state index in [2.05, 4.69) is 36.1 Å². The highest BCUT2D eigenvalue weighted by Crippen LogP contribution is 2.37. The van der Waals surface area contributed by atoms with Crippen LogP contribution in [-0.4, -0.2) is 68.1 Å². The molecule has 2 aliphatic rings. The number of anilines is 1. The summed E-state index contributed by atoms with van der Waals surface area (Å²) in [5.41, 5.74) is 10.5. The molecular formula is C23H22BrN9O2S. The van der Waals surface area contributed by atoms with Crippen molar-refractivity contribution in [2.75, 3.05) is 25.4 Å². The summed E-state index contributed by atoms with van der Waals surface area (Å²) in [6.45, 7) is 0.857. The Morgan fingerprint density at radius 3 is 2.56 bits per heavy atom. The van der Waals surface area contributed by atoms with E-state index in [1.54, 1.807) is 21.6 Å². The lowest BCUT2D eigenvalue weighted by molar-refractivity contribution is 0.320. The highest BCUT2D eigenvalue weighted by atomic mass is 79.9. The average molecular weight is 568 g/mol. The van der Waals surface area contributed by atoms with E-state index in [9.17, 15) is 8.42 Å². The second-order valence-corrected chi connectivity index (χ2v) is 11.4. The van der Waals surface area contributed by atoms with Gasteiger partial charge in [0.25, 0.3) is 10.0 Å². The Balaban J connectivity index is 1.30. The molecule has 0 spiro atoms. The molecule has 0 bridgehead atoms. The standard InChI is InChI=1S/C23H22BrN9O2S/c24-20-21(15-6-8-31(9-7-15)36(34,35)19-12-26-14-27-19)30-23-18(11-29-33(23)22(20)25)16-10-28-32(13-16)17-4-2-1-3-5-17/h1-5,10-11,13-15H,6-9,12,25H2. The summed E-state index contributed by atoms with van der Waals surface area (Å²) in [5, 5.41) is 9.06. The van der Waals surface area contributed by atoms with Gasteiger partial charge in [-0.05, 0) is 40.9 Å². The minimum Gasteiger partial charge on any atom is -0.383 e. The Bertz CT molecular complexity index is 1620. The molecular weight excluding hydrogens is 546 g/mol. The van der Waals surface area contributed by atoms with Crippen LogP contribution >= 0.6 is 15.9 Å². The van der Waals surface area contributed by atoms with Gasteiger partial charge >= 0.3 is 0 Å². The van der Waals surface area contributed by atoms with Gasteiger partial charge in [0.15, 0.2) is 10.7 Å². The molecule has 6 rings (SSSR count). The van der Waals surface area contributed by atoms with Gasteiger partial charge in [0.2, 0.25) is 0 Å². The lowest BCUT2D eigenvalue weighted by Crippen LogP contribution is -2.42. The first kappa shape index (κ1) is 23.0. The van der Waals surface area contributed by atoms with Crippen molar-refractivity contribution in [1.29, 1.82) is 0 Å². The number of benzene rings is 1. The van der Waals surface area contributed by atoms with Crippen molar-refractivity contribution in [3.05, 3.63) is 59.1 Å². The summed E-state index contributed by atoms with van der Waals surface area (Å²) in [6, 6.07) is 9.85. The fourth-order valence-electron chi connectivity index (χ4n) is 4.60. The van der Waals surface area contributed by atoms with Gasteiger partial charge in [0.05, 0.1) is 34.8 Å². The van der Waals surface area contributed by atoms with Gasteiger partial charge in [-0.2, -0.15) is 19.0 Å². The zero-order valence-corrected chi connectivity index (χ0v) is 21.5. The van der Waals surface area contributed by atoms with Crippen LogP contribution in [0.2, 0.25) is 0 Å². The van der Waals surface area contributed by atoms with Gasteiger partial charge < -0.3 is 5.73 Å². The molecule has 36 heavy (non-hydrogen) atoms. The molecule has 1 saturated heterocycles. The van der Waals surface area contributed by atoms with Crippen LogP contribution in [0, 0.1) is 0 Å². The number of aromatic nitrogens is 5. The molecule has 0 radical (unpaired) electrons. The maximum atomic E-state index is 12.8. The van der Waals surface area contributed by atoms with Gasteiger partial charge in [-0.3, -0.25) is 4.99 Å². The monoisotopic (exact) mass is 567 g/mol. The zero-order chi connectivity index (χ0) is 24.9. The quantitative estimate of drug-likeness (QED) is 0.402. The number of nitrogen functional groups attached to an aromatic ring is 1. The fourth-order valence-corrected chi connectivity index (χ4v) is 6.59. The fraction of sp³-hybridized carbons (Fsp3) is 0.261. The summed E-state index contributed by atoms with van der Waals surface area (Å²) in [5.74, 6) is 0.485. The number of hydrogen-bond acceptors (Lipinski definition) is 8. The van der Waals surface area contributed by atoms with Crippen molar-refractivity contribution in [3.8, 4) is 16.8 Å². The number of piperidine rings is 1. The number of aliphatic imine (C=N–C) groups is 2. The smallest absolute Gasteiger partial charge is 0.258 e. The van der Waals surface area contributed by atoms with Crippen LogP contribution in [0.25, 0.3) is 22.5 Å². The first-order chi connectivity index (χ1) is 17.4. The summed E-state index contributed by atoms with van der Waals surface area (Å²) in [4.78, 5) is 12.8. The van der Waals surface area contributed by atoms with E-state index in [1.807, 2.05) is 36.5 Å². The van der Waals surface area contributed by atoms with E-state index in [0.717, 1.165) is 22.5 Å². The molecule has 0 amide bonds. The largest absolute Gasteiger partial charge is 0.383 e. The van der Waals surface area contributed by atoms with Crippen molar-refractivity contribution in [2.45, 2.75) is 18.8 Å². The number of halogens is 1. The van der Waals surface area contributed by atoms with E-state index in [1.165, 1.54) is 10.6 Å². The lowest BCUT2D eigenvalue weighted by atomic mass is 9.94. The van der Waals surface area contributed by atoms with Gasteiger partial charge in [-0.25, -0.2) is 23.1 Å². The molecule has 2 aliphatic heterocycles. The van der Waals surface area contributed by atoms with Crippen molar-refractivity contribution in [2.24, 2.45) is 9.98 Å². The third kappa shape index (κ3) is 3.83. The van der Waals surface area contributed by atoms with Crippen LogP contribution in [-0.2, 0) is 10.0 Å². The van der Waals surface area contributed by atoms with E-state index in [4.69, 9.17) is 10.7 Å². The number of nitrogens with two attached hydrogens (primary N) is 1. The number of hydrogen-bond donors (Lipinski definition) is 1. The van der Waals surface area contributed by atoms with Crippen molar-refractivity contribution in [1.82, 2.24) is 28.7 Å². The number of fused-ring (bicyclic) bond motifs is 1. The van der Waals surface area contributed by atoms with E-state index >= 15 is 0 Å². The molecule has 11 nitrogen and oxygen atoms in total. The number of nitrogens with zero attached hydrogens (tertiary/aromatic N) is 8. The van der Waals surface area contributed by atoms with Crippen LogP contribution < -0.4 is 5.73 Å². The van der Waals surface area contributed by atoms with Crippen LogP contribution in [0.4, 0.5) is 5.82 Å². The first-order valence-corrected chi connectivity index (χ1v) is 13.6. The Morgan fingerprint density at radius 1 is 1.06 bits per heavy atom. The maximum absolute atomic E-state index is 12.8. The Morgan fingerprint density at radius 2 is 1.83 bits per heavy atom. The van der Waals surface area contributed by atoms with Crippen molar-refractivity contribution in [3.63, 3.8) is 0 Å². The molecule has 4 aromatic rings. The first-order valence-electron chi connectivity index (χ1n) is 11.4. The molecule has 0 aliphatic carbocycles. The molecule has 3 aromatic heterocycles. The normalized spacial score (nSPS) is 17.2. The minimum atomic E-state index is -3.60. The highest BCUT2D eigenvalue weighted by molar-refractivity contribution is 9.10. The molecule has 0 saturated carbocycles. The molecule has 1 aromatic carbocycles.